The molecule has 0 rings (SSSR count). The first-order valence-electron chi connectivity index (χ1n) is 5.34. The third-order valence-corrected chi connectivity index (χ3v) is 2.67. The van der Waals surface area contributed by atoms with E-state index < -0.39 is 23.2 Å². The molecular weight excluding hydrogens is 242 g/mol. The van der Waals surface area contributed by atoms with Gasteiger partial charge in [0, 0.05) is 0 Å². The summed E-state index contributed by atoms with van der Waals surface area (Å²) in [7, 11) is 0. The van der Waals surface area contributed by atoms with Crippen molar-refractivity contribution in [3.63, 3.8) is 0 Å². The van der Waals surface area contributed by atoms with Gasteiger partial charge in [-0.2, -0.15) is 11.8 Å². The fourth-order valence-electron chi connectivity index (χ4n) is 1.06. The van der Waals surface area contributed by atoms with E-state index >= 15 is 0 Å². The van der Waals surface area contributed by atoms with Crippen molar-refractivity contribution < 1.29 is 19.4 Å². The molecule has 0 aromatic heterocycles. The van der Waals surface area contributed by atoms with E-state index in [0.717, 1.165) is 0 Å². The third-order valence-electron chi connectivity index (χ3n) is 2.06. The smallest absolute Gasteiger partial charge is 0.408 e. The molecule has 2 N–H and O–H groups in total. The summed E-state index contributed by atoms with van der Waals surface area (Å²) in [6.45, 7) is 6.67. The molecule has 1 unspecified atom stereocenters. The van der Waals surface area contributed by atoms with Crippen LogP contribution in [0.3, 0.4) is 0 Å². The van der Waals surface area contributed by atoms with Gasteiger partial charge in [0.05, 0.1) is 0 Å². The number of thioether (sulfide) groups is 1. The average molecular weight is 263 g/mol. The maximum Gasteiger partial charge on any atom is 0.408 e. The molecule has 6 heteroatoms. The number of carbonyl (C=O) groups excluding carboxylic acids is 1. The van der Waals surface area contributed by atoms with E-state index in [9.17, 15) is 9.59 Å². The average Bonchev–Trinajstić information content (AvgIpc) is 2.11. The van der Waals surface area contributed by atoms with Gasteiger partial charge in [-0.3, -0.25) is 0 Å². The molecule has 0 heterocycles. The summed E-state index contributed by atoms with van der Waals surface area (Å²) >= 11 is 1.53. The zero-order chi connectivity index (χ0) is 13.7. The van der Waals surface area contributed by atoms with E-state index in [4.69, 9.17) is 9.84 Å². The predicted molar refractivity (Wildman–Crippen MR) is 68.4 cm³/mol. The van der Waals surface area contributed by atoms with Gasteiger partial charge in [-0.25, -0.2) is 9.59 Å². The molecule has 0 spiro atoms. The van der Waals surface area contributed by atoms with Gasteiger partial charge in [0.2, 0.25) is 0 Å². The molecule has 100 valence electrons. The molecule has 1 atom stereocenters. The largest absolute Gasteiger partial charge is 0.480 e. The van der Waals surface area contributed by atoms with Crippen molar-refractivity contribution in [2.75, 3.05) is 12.0 Å². The van der Waals surface area contributed by atoms with Gasteiger partial charge in [-0.05, 0) is 46.1 Å². The Morgan fingerprint density at radius 3 is 2.18 bits per heavy atom. The van der Waals surface area contributed by atoms with Crippen molar-refractivity contribution in [2.45, 2.75) is 45.3 Å². The highest BCUT2D eigenvalue weighted by Gasteiger charge is 2.35. The number of hydrogen-bond acceptors (Lipinski definition) is 4. The summed E-state index contributed by atoms with van der Waals surface area (Å²) in [5.74, 6) is -0.407. The summed E-state index contributed by atoms with van der Waals surface area (Å²) < 4.78 is 5.04. The maximum absolute atomic E-state index is 11.5. The predicted octanol–water partition coefficient (Wildman–Crippen LogP) is 2.11. The highest BCUT2D eigenvalue weighted by atomic mass is 32.2. The summed E-state index contributed by atoms with van der Waals surface area (Å²) in [5.41, 5.74) is -1.92. The molecule has 0 aromatic carbocycles. The topological polar surface area (TPSA) is 75.6 Å². The Balaban J connectivity index is 4.55. The number of alkyl carbamates (subject to hydrolysis) is 1. The van der Waals surface area contributed by atoms with Crippen molar-refractivity contribution in [3.8, 4) is 0 Å². The van der Waals surface area contributed by atoms with E-state index in [1.807, 2.05) is 6.26 Å². The highest BCUT2D eigenvalue weighted by Crippen LogP contribution is 2.15. The SMILES string of the molecule is CSCCC(C)(NC(=O)OC(C)(C)C)C(=O)O. The maximum atomic E-state index is 11.5. The Hall–Kier alpha value is -0.910. The van der Waals surface area contributed by atoms with E-state index in [2.05, 4.69) is 5.32 Å². The van der Waals surface area contributed by atoms with Crippen molar-refractivity contribution in [1.82, 2.24) is 5.32 Å². The lowest BCUT2D eigenvalue weighted by Crippen LogP contribution is -2.53. The van der Waals surface area contributed by atoms with Crippen LogP contribution in [0, 0.1) is 0 Å². The molecule has 0 aliphatic carbocycles. The molecule has 0 aliphatic rings. The van der Waals surface area contributed by atoms with Crippen LogP contribution < -0.4 is 5.32 Å². The fraction of sp³-hybridized carbons (Fsp3) is 0.818. The van der Waals surface area contributed by atoms with Gasteiger partial charge in [0.15, 0.2) is 0 Å². The lowest BCUT2D eigenvalue weighted by Gasteiger charge is -2.28. The van der Waals surface area contributed by atoms with Crippen molar-refractivity contribution in [2.24, 2.45) is 0 Å². The van der Waals surface area contributed by atoms with Crippen LogP contribution in [0.15, 0.2) is 0 Å². The minimum atomic E-state index is -1.29. The van der Waals surface area contributed by atoms with Gasteiger partial charge in [-0.1, -0.05) is 0 Å². The number of carboxylic acids is 1. The van der Waals surface area contributed by atoms with Crippen LogP contribution in [-0.4, -0.2) is 40.3 Å². The molecule has 0 radical (unpaired) electrons. The van der Waals surface area contributed by atoms with Gasteiger partial charge in [-0.15, -0.1) is 0 Å². The first-order valence-corrected chi connectivity index (χ1v) is 6.73. The minimum Gasteiger partial charge on any atom is -0.480 e. The second-order valence-corrected chi connectivity index (χ2v) is 5.99. The van der Waals surface area contributed by atoms with Gasteiger partial charge in [0.25, 0.3) is 0 Å². The van der Waals surface area contributed by atoms with Crippen molar-refractivity contribution >= 4 is 23.8 Å². The van der Waals surface area contributed by atoms with Crippen molar-refractivity contribution in [1.29, 1.82) is 0 Å². The number of ether oxygens (including phenoxy) is 1. The second kappa shape index (κ2) is 6.14. The van der Waals surface area contributed by atoms with Crippen LogP contribution >= 0.6 is 11.8 Å². The molecule has 0 bridgehead atoms. The number of hydrogen-bond donors (Lipinski definition) is 2. The highest BCUT2D eigenvalue weighted by molar-refractivity contribution is 7.98. The molecule has 0 fully saturated rings. The Morgan fingerprint density at radius 1 is 1.29 bits per heavy atom. The summed E-state index contributed by atoms with van der Waals surface area (Å²) in [5, 5.41) is 11.5. The molecule has 0 aliphatic heterocycles. The minimum absolute atomic E-state index is 0.350. The summed E-state index contributed by atoms with van der Waals surface area (Å²) in [6, 6.07) is 0. The van der Waals surface area contributed by atoms with Gasteiger partial charge >= 0.3 is 12.1 Å². The summed E-state index contributed by atoms with van der Waals surface area (Å²) in [6.07, 6.45) is 1.53. The first-order chi connectivity index (χ1) is 7.60. The Kier molecular flexibility index (Phi) is 5.81. The molecular formula is C11H21NO4S. The van der Waals surface area contributed by atoms with E-state index in [-0.39, 0.29) is 0 Å². The van der Waals surface area contributed by atoms with Crippen LogP contribution in [0.5, 0.6) is 0 Å². The summed E-state index contributed by atoms with van der Waals surface area (Å²) in [4.78, 5) is 22.7. The van der Waals surface area contributed by atoms with Crippen molar-refractivity contribution in [3.05, 3.63) is 0 Å². The zero-order valence-electron chi connectivity index (χ0n) is 11.0. The molecule has 0 aromatic rings. The van der Waals surface area contributed by atoms with E-state index in [0.29, 0.717) is 12.2 Å². The standard InChI is InChI=1S/C11H21NO4S/c1-10(2,3)16-9(15)12-11(4,8(13)14)6-7-17-5/h6-7H2,1-5H3,(H,12,15)(H,13,14). The van der Waals surface area contributed by atoms with Crippen LogP contribution in [0.25, 0.3) is 0 Å². The fourth-order valence-corrected chi connectivity index (χ4v) is 1.67. The Labute approximate surface area is 106 Å². The molecule has 1 amide bonds. The van der Waals surface area contributed by atoms with E-state index in [1.54, 1.807) is 20.8 Å². The Morgan fingerprint density at radius 2 is 1.82 bits per heavy atom. The molecule has 0 saturated heterocycles. The molecule has 0 saturated carbocycles. The number of rotatable bonds is 5. The Bertz CT molecular complexity index is 288. The van der Waals surface area contributed by atoms with Gasteiger partial charge < -0.3 is 15.2 Å². The monoisotopic (exact) mass is 263 g/mol. The number of amides is 1. The zero-order valence-corrected chi connectivity index (χ0v) is 11.8. The van der Waals surface area contributed by atoms with Crippen LogP contribution in [0.1, 0.15) is 34.1 Å². The molecule has 17 heavy (non-hydrogen) atoms. The second-order valence-electron chi connectivity index (χ2n) is 5.01. The van der Waals surface area contributed by atoms with Gasteiger partial charge in [0.1, 0.15) is 11.1 Å². The number of carboxylic acid groups (broad SMARTS) is 1. The van der Waals surface area contributed by atoms with Crippen LogP contribution in [0.4, 0.5) is 4.79 Å². The van der Waals surface area contributed by atoms with Crippen LogP contribution in [0.2, 0.25) is 0 Å². The lowest BCUT2D eigenvalue weighted by atomic mass is 10.00. The lowest BCUT2D eigenvalue weighted by molar-refractivity contribution is -0.144. The normalized spacial score (nSPS) is 14.9. The number of nitrogens with one attached hydrogen (secondary N) is 1. The van der Waals surface area contributed by atoms with E-state index in [1.165, 1.54) is 18.7 Å². The quantitative estimate of drug-likeness (QED) is 0.794. The van der Waals surface area contributed by atoms with Crippen LogP contribution in [-0.2, 0) is 9.53 Å². The number of carbonyl (C=O) groups is 2. The third kappa shape index (κ3) is 6.41. The first kappa shape index (κ1) is 16.1. The number of aliphatic carboxylic acids is 1. The molecule has 5 nitrogen and oxygen atoms in total.